The molecule has 150 valence electrons. The number of hydrogen-bond donors (Lipinski definition) is 1. The molecule has 0 saturated heterocycles. The smallest absolute Gasteiger partial charge is 0.264 e. The zero-order valence-electron chi connectivity index (χ0n) is 14.7. The van der Waals surface area contributed by atoms with Crippen molar-refractivity contribution in [3.63, 3.8) is 0 Å². The average molecular weight is 447 g/mol. The number of halogens is 3. The van der Waals surface area contributed by atoms with Crippen molar-refractivity contribution in [3.8, 4) is 17.3 Å². The van der Waals surface area contributed by atoms with Crippen LogP contribution in [-0.4, -0.2) is 28.0 Å². The summed E-state index contributed by atoms with van der Waals surface area (Å²) in [7, 11) is -4.41. The van der Waals surface area contributed by atoms with Crippen molar-refractivity contribution in [1.82, 2.24) is 19.6 Å². The summed E-state index contributed by atoms with van der Waals surface area (Å²) < 4.78 is 55.6. The summed E-state index contributed by atoms with van der Waals surface area (Å²) >= 11 is 6.00. The van der Waals surface area contributed by atoms with Gasteiger partial charge in [0.25, 0.3) is 10.0 Å². The number of nitrogens with one attached hydrogen (secondary N) is 1. The Morgan fingerprint density at radius 2 is 1.90 bits per heavy atom. The number of anilines is 1. The topological polar surface area (TPSA) is 113 Å². The lowest BCUT2D eigenvalue weighted by molar-refractivity contribution is 0.551. The van der Waals surface area contributed by atoms with Gasteiger partial charge in [-0.3, -0.25) is 4.72 Å². The first-order chi connectivity index (χ1) is 14.3. The van der Waals surface area contributed by atoms with E-state index in [1.165, 1.54) is 23.0 Å². The summed E-state index contributed by atoms with van der Waals surface area (Å²) in [4.78, 5) is 7.23. The van der Waals surface area contributed by atoms with Gasteiger partial charge >= 0.3 is 0 Å². The predicted molar refractivity (Wildman–Crippen MR) is 103 cm³/mol. The van der Waals surface area contributed by atoms with Crippen molar-refractivity contribution in [2.45, 2.75) is 4.90 Å². The van der Waals surface area contributed by atoms with Crippen LogP contribution in [0, 0.1) is 23.0 Å². The predicted octanol–water partition coefficient (Wildman–Crippen LogP) is 3.40. The maximum atomic E-state index is 13.9. The Labute approximate surface area is 173 Å². The molecule has 0 amide bonds. The molecule has 30 heavy (non-hydrogen) atoms. The number of pyridine rings is 1. The van der Waals surface area contributed by atoms with Crippen molar-refractivity contribution >= 4 is 33.0 Å². The zero-order chi connectivity index (χ0) is 21.5. The fourth-order valence-electron chi connectivity index (χ4n) is 2.66. The molecule has 0 aliphatic heterocycles. The van der Waals surface area contributed by atoms with Gasteiger partial charge < -0.3 is 0 Å². The van der Waals surface area contributed by atoms with Crippen LogP contribution in [0.1, 0.15) is 5.69 Å². The maximum absolute atomic E-state index is 13.9. The molecule has 0 aliphatic rings. The summed E-state index contributed by atoms with van der Waals surface area (Å²) in [5.74, 6) is -2.16. The van der Waals surface area contributed by atoms with Crippen LogP contribution >= 0.6 is 11.6 Å². The lowest BCUT2D eigenvalue weighted by atomic mass is 10.2. The molecule has 0 unspecified atom stereocenters. The molecule has 0 aliphatic carbocycles. The van der Waals surface area contributed by atoms with E-state index in [0.29, 0.717) is 23.0 Å². The number of nitrogens with zero attached hydrogens (tertiary/aromatic N) is 5. The first-order valence-electron chi connectivity index (χ1n) is 8.17. The van der Waals surface area contributed by atoms with Crippen LogP contribution in [-0.2, 0) is 10.0 Å². The number of imidazole rings is 1. The number of aromatic nitrogens is 4. The van der Waals surface area contributed by atoms with Gasteiger partial charge in [-0.05, 0) is 30.3 Å². The molecule has 12 heteroatoms. The summed E-state index contributed by atoms with van der Waals surface area (Å²) in [6, 6.07) is 8.62. The van der Waals surface area contributed by atoms with Crippen molar-refractivity contribution < 1.29 is 17.2 Å². The molecule has 1 aromatic carbocycles. The highest BCUT2D eigenvalue weighted by molar-refractivity contribution is 7.92. The third-order valence-electron chi connectivity index (χ3n) is 4.04. The molecule has 3 aromatic heterocycles. The van der Waals surface area contributed by atoms with E-state index in [4.69, 9.17) is 16.9 Å². The van der Waals surface area contributed by atoms with Gasteiger partial charge in [-0.2, -0.15) is 10.4 Å². The molecule has 0 saturated carbocycles. The van der Waals surface area contributed by atoms with Gasteiger partial charge in [0.1, 0.15) is 22.6 Å². The molecule has 8 nitrogen and oxygen atoms in total. The van der Waals surface area contributed by atoms with Gasteiger partial charge in [0.05, 0.1) is 17.6 Å². The maximum Gasteiger partial charge on any atom is 0.264 e. The van der Waals surface area contributed by atoms with Crippen LogP contribution in [0.2, 0.25) is 5.15 Å². The van der Waals surface area contributed by atoms with Crippen molar-refractivity contribution in [3.05, 3.63) is 71.3 Å². The normalized spacial score (nSPS) is 11.4. The lowest BCUT2D eigenvalue weighted by Gasteiger charge is -2.11. The summed E-state index contributed by atoms with van der Waals surface area (Å²) in [6.07, 6.45) is 2.72. The number of nitriles is 1. The highest BCUT2D eigenvalue weighted by Crippen LogP contribution is 2.28. The van der Waals surface area contributed by atoms with E-state index in [1.807, 2.05) is 6.07 Å². The van der Waals surface area contributed by atoms with E-state index in [0.717, 1.165) is 12.1 Å². The molecule has 0 atom stereocenters. The second kappa shape index (κ2) is 7.33. The minimum atomic E-state index is -4.41. The van der Waals surface area contributed by atoms with Crippen LogP contribution in [0.3, 0.4) is 0 Å². The number of sulfonamides is 1. The molecule has 4 rings (SSSR count). The highest BCUT2D eigenvalue weighted by Gasteiger charge is 2.21. The standard InChI is InChI=1S/C18H9ClF2N6O2S/c19-18-15(26-30(28,29)16-3-1-11(20)6-13(16)21)5-10(8-24-18)14-2-4-17-23-9-12(7-22)27(17)25-14/h1-6,8-9,26H. The Kier molecular flexibility index (Phi) is 4.81. The second-order valence-corrected chi connectivity index (χ2v) is 8.00. The quantitative estimate of drug-likeness (QED) is 0.481. The summed E-state index contributed by atoms with van der Waals surface area (Å²) in [5.41, 5.74) is 1.25. The third kappa shape index (κ3) is 3.54. The highest BCUT2D eigenvalue weighted by atomic mass is 35.5. The molecule has 1 N–H and O–H groups in total. The molecule has 4 aromatic rings. The van der Waals surface area contributed by atoms with Crippen molar-refractivity contribution in [2.75, 3.05) is 4.72 Å². The van der Waals surface area contributed by atoms with Crippen molar-refractivity contribution in [2.24, 2.45) is 0 Å². The summed E-state index contributed by atoms with van der Waals surface area (Å²) in [6.45, 7) is 0. The fraction of sp³-hybridized carbons (Fsp3) is 0. The van der Waals surface area contributed by atoms with Crippen LogP contribution in [0.5, 0.6) is 0 Å². The first-order valence-corrected chi connectivity index (χ1v) is 10.0. The van der Waals surface area contributed by atoms with Crippen LogP contribution in [0.15, 0.2) is 53.7 Å². The Morgan fingerprint density at radius 1 is 1.10 bits per heavy atom. The SMILES string of the molecule is N#Cc1cnc2ccc(-c3cnc(Cl)c(NS(=O)(=O)c4ccc(F)cc4F)c3)nn12. The Morgan fingerprint density at radius 3 is 2.63 bits per heavy atom. The molecule has 0 fully saturated rings. The Bertz CT molecular complexity index is 1450. The first kappa shape index (κ1) is 19.7. The zero-order valence-corrected chi connectivity index (χ0v) is 16.3. The average Bonchev–Trinajstić information content (AvgIpc) is 3.11. The Balaban J connectivity index is 1.74. The number of benzene rings is 1. The molecule has 0 spiro atoms. The van der Waals surface area contributed by atoms with Crippen molar-refractivity contribution in [1.29, 1.82) is 5.26 Å². The Hall–Kier alpha value is -3.62. The van der Waals surface area contributed by atoms with E-state index in [2.05, 4.69) is 19.8 Å². The van der Waals surface area contributed by atoms with Gasteiger partial charge in [0, 0.05) is 17.8 Å². The van der Waals surface area contributed by atoms with Gasteiger partial charge in [-0.15, -0.1) is 0 Å². The summed E-state index contributed by atoms with van der Waals surface area (Å²) in [5, 5.41) is 13.2. The van der Waals surface area contributed by atoms with Crippen LogP contribution in [0.4, 0.5) is 14.5 Å². The number of hydrogen-bond acceptors (Lipinski definition) is 6. The molecule has 0 radical (unpaired) electrons. The second-order valence-electron chi connectivity index (χ2n) is 5.99. The largest absolute Gasteiger partial charge is 0.276 e. The van der Waals surface area contributed by atoms with E-state index in [1.54, 1.807) is 12.1 Å². The minimum absolute atomic E-state index is 0.133. The fourth-order valence-corrected chi connectivity index (χ4v) is 3.98. The van der Waals surface area contributed by atoms with Crippen LogP contribution in [0.25, 0.3) is 16.9 Å². The van der Waals surface area contributed by atoms with E-state index < -0.39 is 26.6 Å². The lowest BCUT2D eigenvalue weighted by Crippen LogP contribution is -2.15. The molecular weight excluding hydrogens is 438 g/mol. The molecule has 3 heterocycles. The van der Waals surface area contributed by atoms with Gasteiger partial charge in [-0.25, -0.2) is 31.7 Å². The van der Waals surface area contributed by atoms with Gasteiger partial charge in [0.2, 0.25) is 0 Å². The number of fused-ring (bicyclic) bond motifs is 1. The minimum Gasteiger partial charge on any atom is -0.276 e. The van der Waals surface area contributed by atoms with Gasteiger partial charge in [-0.1, -0.05) is 11.6 Å². The van der Waals surface area contributed by atoms with E-state index >= 15 is 0 Å². The monoisotopic (exact) mass is 446 g/mol. The van der Waals surface area contributed by atoms with Gasteiger partial charge in [0.15, 0.2) is 16.5 Å². The number of rotatable bonds is 4. The third-order valence-corrected chi connectivity index (χ3v) is 5.74. The van der Waals surface area contributed by atoms with E-state index in [9.17, 15) is 17.2 Å². The molecule has 0 bridgehead atoms. The van der Waals surface area contributed by atoms with E-state index in [-0.39, 0.29) is 16.5 Å². The molecular formula is C18H9ClF2N6O2S. The van der Waals surface area contributed by atoms with Crippen LogP contribution < -0.4 is 4.72 Å².